The third-order valence-corrected chi connectivity index (χ3v) is 3.68. The normalized spacial score (nSPS) is 10.2. The Balaban J connectivity index is 1.57. The molecule has 0 spiro atoms. The minimum absolute atomic E-state index is 0.281. The number of benzene rings is 3. The van der Waals surface area contributed by atoms with Crippen LogP contribution >= 0.6 is 0 Å². The van der Waals surface area contributed by atoms with Crippen LogP contribution in [0, 0.1) is 13.8 Å². The average Bonchev–Trinajstić information content (AvgIpc) is 2.61. The fourth-order valence-electron chi connectivity index (χ4n) is 2.28. The second-order valence-corrected chi connectivity index (χ2v) is 5.88. The van der Waals surface area contributed by atoms with Gasteiger partial charge < -0.3 is 15.4 Å². The summed E-state index contributed by atoms with van der Waals surface area (Å²) in [6.07, 6.45) is 0. The van der Waals surface area contributed by atoms with E-state index in [0.717, 1.165) is 17.0 Å². The van der Waals surface area contributed by atoms with Gasteiger partial charge in [0.05, 0.1) is 0 Å². The second-order valence-electron chi connectivity index (χ2n) is 5.88. The van der Waals surface area contributed by atoms with Crippen LogP contribution in [0.2, 0.25) is 0 Å². The number of carbonyl (C=O) groups is 1. The van der Waals surface area contributed by atoms with Crippen molar-refractivity contribution in [3.05, 3.63) is 83.9 Å². The molecule has 3 aromatic rings. The minimum atomic E-state index is -0.281. The summed E-state index contributed by atoms with van der Waals surface area (Å²) in [5, 5.41) is 5.59. The van der Waals surface area contributed by atoms with Gasteiger partial charge in [-0.2, -0.15) is 0 Å². The number of amides is 2. The lowest BCUT2D eigenvalue weighted by atomic mass is 10.2. The molecule has 0 fully saturated rings. The van der Waals surface area contributed by atoms with Gasteiger partial charge in [0.2, 0.25) is 0 Å². The quantitative estimate of drug-likeness (QED) is 0.640. The Morgan fingerprint density at radius 3 is 1.48 bits per heavy atom. The molecule has 4 heteroatoms. The molecule has 0 bridgehead atoms. The molecule has 3 rings (SSSR count). The minimum Gasteiger partial charge on any atom is -0.457 e. The molecule has 0 aliphatic rings. The van der Waals surface area contributed by atoms with Gasteiger partial charge in [-0.1, -0.05) is 35.4 Å². The van der Waals surface area contributed by atoms with E-state index in [0.29, 0.717) is 11.4 Å². The Hall–Kier alpha value is -3.27. The number of nitrogens with one attached hydrogen (secondary N) is 2. The number of hydrogen-bond donors (Lipinski definition) is 2. The maximum atomic E-state index is 12.0. The molecule has 0 aromatic heterocycles. The summed E-state index contributed by atoms with van der Waals surface area (Å²) < 4.78 is 5.77. The van der Waals surface area contributed by atoms with Crippen molar-refractivity contribution in [3.63, 3.8) is 0 Å². The molecule has 0 saturated carbocycles. The first kappa shape index (κ1) is 16.6. The molecule has 0 radical (unpaired) electrons. The summed E-state index contributed by atoms with van der Waals surface area (Å²) in [7, 11) is 0. The molecule has 0 unspecified atom stereocenters. The zero-order valence-electron chi connectivity index (χ0n) is 14.2. The summed E-state index contributed by atoms with van der Waals surface area (Å²) in [6, 6.07) is 22.5. The van der Waals surface area contributed by atoms with Crippen LogP contribution in [-0.4, -0.2) is 6.03 Å². The van der Waals surface area contributed by atoms with E-state index in [1.54, 1.807) is 12.1 Å². The van der Waals surface area contributed by atoms with Crippen molar-refractivity contribution in [2.75, 3.05) is 10.6 Å². The molecule has 4 nitrogen and oxygen atoms in total. The third-order valence-electron chi connectivity index (χ3n) is 3.68. The zero-order valence-corrected chi connectivity index (χ0v) is 14.2. The number of rotatable bonds is 4. The third kappa shape index (κ3) is 4.85. The molecule has 126 valence electrons. The van der Waals surface area contributed by atoms with Gasteiger partial charge in [0.25, 0.3) is 0 Å². The van der Waals surface area contributed by atoms with E-state index in [-0.39, 0.29) is 6.03 Å². The van der Waals surface area contributed by atoms with Crippen LogP contribution in [0.25, 0.3) is 0 Å². The van der Waals surface area contributed by atoms with Crippen molar-refractivity contribution in [2.24, 2.45) is 0 Å². The van der Waals surface area contributed by atoms with Crippen LogP contribution in [0.1, 0.15) is 11.1 Å². The van der Waals surface area contributed by atoms with E-state index < -0.39 is 0 Å². The lowest BCUT2D eigenvalue weighted by Gasteiger charge is -2.09. The van der Waals surface area contributed by atoms with Crippen LogP contribution in [-0.2, 0) is 0 Å². The fraction of sp³-hybridized carbons (Fsp3) is 0.0952. The smallest absolute Gasteiger partial charge is 0.323 e. The zero-order chi connectivity index (χ0) is 17.6. The number of urea groups is 1. The SMILES string of the molecule is Cc1ccc(NC(=O)Nc2ccc(Oc3ccc(C)cc3)cc2)cc1. The van der Waals surface area contributed by atoms with Gasteiger partial charge in [-0.05, 0) is 62.4 Å². The highest BCUT2D eigenvalue weighted by Crippen LogP contribution is 2.23. The topological polar surface area (TPSA) is 50.4 Å². The summed E-state index contributed by atoms with van der Waals surface area (Å²) in [6.45, 7) is 4.04. The Labute approximate surface area is 147 Å². The molecular formula is C21H20N2O2. The lowest BCUT2D eigenvalue weighted by molar-refractivity contribution is 0.262. The standard InChI is InChI=1S/C21H20N2O2/c1-15-3-7-17(8-4-15)22-21(24)23-18-9-13-20(14-10-18)25-19-11-5-16(2)6-12-19/h3-14H,1-2H3,(H2,22,23,24). The predicted octanol–water partition coefficient (Wildman–Crippen LogP) is 5.74. The van der Waals surface area contributed by atoms with Crippen molar-refractivity contribution in [1.82, 2.24) is 0 Å². The molecule has 2 N–H and O–H groups in total. The highest BCUT2D eigenvalue weighted by atomic mass is 16.5. The number of hydrogen-bond acceptors (Lipinski definition) is 2. The highest BCUT2D eigenvalue weighted by molar-refractivity contribution is 5.99. The maximum Gasteiger partial charge on any atom is 0.323 e. The van der Waals surface area contributed by atoms with E-state index in [1.165, 1.54) is 5.56 Å². The number of carbonyl (C=O) groups excluding carboxylic acids is 1. The molecule has 25 heavy (non-hydrogen) atoms. The highest BCUT2D eigenvalue weighted by Gasteiger charge is 2.03. The second kappa shape index (κ2) is 7.53. The fourth-order valence-corrected chi connectivity index (χ4v) is 2.28. The monoisotopic (exact) mass is 332 g/mol. The first-order valence-electron chi connectivity index (χ1n) is 8.08. The predicted molar refractivity (Wildman–Crippen MR) is 102 cm³/mol. The summed E-state index contributed by atoms with van der Waals surface area (Å²) in [4.78, 5) is 12.0. The average molecular weight is 332 g/mol. The van der Waals surface area contributed by atoms with Crippen LogP contribution in [0.4, 0.5) is 16.2 Å². The van der Waals surface area contributed by atoms with E-state index in [1.807, 2.05) is 74.5 Å². The van der Waals surface area contributed by atoms with Crippen molar-refractivity contribution in [3.8, 4) is 11.5 Å². The molecule has 3 aromatic carbocycles. The van der Waals surface area contributed by atoms with E-state index in [4.69, 9.17) is 4.74 Å². The number of ether oxygens (including phenoxy) is 1. The Morgan fingerprint density at radius 2 is 1.00 bits per heavy atom. The van der Waals surface area contributed by atoms with Crippen molar-refractivity contribution in [2.45, 2.75) is 13.8 Å². The molecule has 0 aliphatic carbocycles. The van der Waals surface area contributed by atoms with Gasteiger partial charge >= 0.3 is 6.03 Å². The molecule has 0 saturated heterocycles. The van der Waals surface area contributed by atoms with Gasteiger partial charge in [0, 0.05) is 11.4 Å². The van der Waals surface area contributed by atoms with Gasteiger partial charge in [-0.15, -0.1) is 0 Å². The van der Waals surface area contributed by atoms with Crippen molar-refractivity contribution in [1.29, 1.82) is 0 Å². The maximum absolute atomic E-state index is 12.0. The van der Waals surface area contributed by atoms with Gasteiger partial charge in [0.1, 0.15) is 11.5 Å². The Kier molecular flexibility index (Phi) is 5.00. The largest absolute Gasteiger partial charge is 0.457 e. The first-order valence-corrected chi connectivity index (χ1v) is 8.08. The van der Waals surface area contributed by atoms with Gasteiger partial charge in [-0.3, -0.25) is 0 Å². The molecule has 0 atom stereocenters. The summed E-state index contributed by atoms with van der Waals surface area (Å²) >= 11 is 0. The van der Waals surface area contributed by atoms with Gasteiger partial charge in [0.15, 0.2) is 0 Å². The Morgan fingerprint density at radius 1 is 0.640 bits per heavy atom. The van der Waals surface area contributed by atoms with E-state index >= 15 is 0 Å². The molecule has 0 aliphatic heterocycles. The van der Waals surface area contributed by atoms with Crippen LogP contribution in [0.15, 0.2) is 72.8 Å². The van der Waals surface area contributed by atoms with Crippen molar-refractivity contribution >= 4 is 17.4 Å². The van der Waals surface area contributed by atoms with Crippen molar-refractivity contribution < 1.29 is 9.53 Å². The van der Waals surface area contributed by atoms with Gasteiger partial charge in [-0.25, -0.2) is 4.79 Å². The number of anilines is 2. The van der Waals surface area contributed by atoms with E-state index in [9.17, 15) is 4.79 Å². The molecular weight excluding hydrogens is 312 g/mol. The first-order chi connectivity index (χ1) is 12.1. The van der Waals surface area contributed by atoms with Crippen LogP contribution in [0.3, 0.4) is 0 Å². The summed E-state index contributed by atoms with van der Waals surface area (Å²) in [5.74, 6) is 1.50. The van der Waals surface area contributed by atoms with Crippen LogP contribution in [0.5, 0.6) is 11.5 Å². The number of aryl methyl sites for hydroxylation is 2. The van der Waals surface area contributed by atoms with Crippen LogP contribution < -0.4 is 15.4 Å². The Bertz CT molecular complexity index is 839. The van der Waals surface area contributed by atoms with E-state index in [2.05, 4.69) is 10.6 Å². The lowest BCUT2D eigenvalue weighted by Crippen LogP contribution is -2.19. The molecule has 0 heterocycles. The summed E-state index contributed by atoms with van der Waals surface area (Å²) in [5.41, 5.74) is 3.78. The molecule has 2 amide bonds.